The van der Waals surface area contributed by atoms with Gasteiger partial charge in [0.05, 0.1) is 13.2 Å². The molecule has 0 aliphatic heterocycles. The van der Waals surface area contributed by atoms with Crippen molar-refractivity contribution < 1.29 is 19.7 Å². The van der Waals surface area contributed by atoms with Gasteiger partial charge in [0.1, 0.15) is 0 Å². The zero-order chi connectivity index (χ0) is 13.7. The van der Waals surface area contributed by atoms with Gasteiger partial charge in [0.2, 0.25) is 0 Å². The van der Waals surface area contributed by atoms with Crippen molar-refractivity contribution in [1.82, 2.24) is 0 Å². The summed E-state index contributed by atoms with van der Waals surface area (Å²) in [6.45, 7) is 5.42. The van der Waals surface area contributed by atoms with Crippen LogP contribution in [0.2, 0.25) is 0 Å². The molecule has 0 radical (unpaired) electrons. The molecule has 0 unspecified atom stereocenters. The van der Waals surface area contributed by atoms with Gasteiger partial charge in [-0.25, -0.2) is 0 Å². The molecule has 0 heterocycles. The Morgan fingerprint density at radius 2 is 1.39 bits per heavy atom. The smallest absolute Gasteiger partial charge is 0.280 e. The first-order valence-corrected chi connectivity index (χ1v) is 7.29. The van der Waals surface area contributed by atoms with E-state index in [2.05, 4.69) is 13.8 Å². The largest absolute Gasteiger partial charge is 0.396 e. The lowest BCUT2D eigenvalue weighted by Crippen LogP contribution is -2.36. The van der Waals surface area contributed by atoms with E-state index in [0.29, 0.717) is 19.6 Å². The van der Waals surface area contributed by atoms with Crippen LogP contribution in [0.1, 0.15) is 65.2 Å². The first-order chi connectivity index (χ1) is 8.68. The Balaban J connectivity index is 3.95. The minimum absolute atomic E-state index is 0.200. The number of hydrogen-bond donors (Lipinski definition) is 2. The molecule has 110 valence electrons. The Bertz CT molecular complexity index is 163. The number of hydrogen-bond acceptors (Lipinski definition) is 4. The summed E-state index contributed by atoms with van der Waals surface area (Å²) in [5.74, 6) is -1.43. The monoisotopic (exact) mass is 262 g/mol. The van der Waals surface area contributed by atoms with Gasteiger partial charge >= 0.3 is 0 Å². The Morgan fingerprint density at radius 3 is 1.83 bits per heavy atom. The summed E-state index contributed by atoms with van der Waals surface area (Å²) in [5, 5.41) is 19.0. The second kappa shape index (κ2) is 11.9. The van der Waals surface area contributed by atoms with Crippen LogP contribution < -0.4 is 0 Å². The van der Waals surface area contributed by atoms with Crippen LogP contribution in [0, 0.1) is 0 Å². The van der Waals surface area contributed by atoms with E-state index in [9.17, 15) is 5.11 Å². The van der Waals surface area contributed by atoms with Gasteiger partial charge < -0.3 is 19.7 Å². The number of aliphatic hydroxyl groups is 2. The first kappa shape index (κ1) is 17.8. The van der Waals surface area contributed by atoms with E-state index in [4.69, 9.17) is 14.6 Å². The minimum atomic E-state index is -1.43. The van der Waals surface area contributed by atoms with Crippen molar-refractivity contribution in [3.05, 3.63) is 0 Å². The highest BCUT2D eigenvalue weighted by molar-refractivity contribution is 4.57. The average molecular weight is 262 g/mol. The van der Waals surface area contributed by atoms with Gasteiger partial charge in [-0.3, -0.25) is 0 Å². The summed E-state index contributed by atoms with van der Waals surface area (Å²) in [6, 6.07) is 0. The van der Waals surface area contributed by atoms with Crippen LogP contribution in [0.15, 0.2) is 0 Å². The molecule has 2 N–H and O–H groups in total. The van der Waals surface area contributed by atoms with Crippen molar-refractivity contribution in [2.24, 2.45) is 0 Å². The van der Waals surface area contributed by atoms with Crippen molar-refractivity contribution in [1.29, 1.82) is 0 Å². The molecule has 0 saturated heterocycles. The van der Waals surface area contributed by atoms with Crippen LogP contribution in [-0.4, -0.2) is 36.0 Å². The maximum atomic E-state index is 10.3. The van der Waals surface area contributed by atoms with Crippen LogP contribution in [0.3, 0.4) is 0 Å². The van der Waals surface area contributed by atoms with Crippen molar-refractivity contribution >= 4 is 0 Å². The molecule has 0 aliphatic carbocycles. The Hall–Kier alpha value is -0.160. The number of rotatable bonds is 13. The molecule has 0 fully saturated rings. The third kappa shape index (κ3) is 9.83. The summed E-state index contributed by atoms with van der Waals surface area (Å²) in [4.78, 5) is 0. The fourth-order valence-corrected chi connectivity index (χ4v) is 1.57. The molecule has 0 aliphatic rings. The lowest BCUT2D eigenvalue weighted by molar-refractivity contribution is -0.364. The molecule has 4 nitrogen and oxygen atoms in total. The molecular weight excluding hydrogens is 232 g/mol. The molecule has 0 aromatic rings. The summed E-state index contributed by atoms with van der Waals surface area (Å²) < 4.78 is 10.9. The molecular formula is C14H30O4. The normalized spacial score (nSPS) is 12.0. The van der Waals surface area contributed by atoms with Crippen LogP contribution in [0.4, 0.5) is 0 Å². The lowest BCUT2D eigenvalue weighted by atomic mass is 10.2. The van der Waals surface area contributed by atoms with Crippen molar-refractivity contribution in [2.75, 3.05) is 19.8 Å². The van der Waals surface area contributed by atoms with E-state index >= 15 is 0 Å². The molecule has 0 amide bonds. The molecule has 0 saturated carbocycles. The van der Waals surface area contributed by atoms with Crippen LogP contribution >= 0.6 is 0 Å². The zero-order valence-electron chi connectivity index (χ0n) is 12.0. The highest BCUT2D eigenvalue weighted by Crippen LogP contribution is 2.19. The van der Waals surface area contributed by atoms with Crippen LogP contribution in [0.25, 0.3) is 0 Å². The van der Waals surface area contributed by atoms with Gasteiger partial charge in [-0.05, 0) is 25.7 Å². The third-order valence-electron chi connectivity index (χ3n) is 2.80. The van der Waals surface area contributed by atoms with E-state index in [1.807, 2.05) is 0 Å². The van der Waals surface area contributed by atoms with Crippen molar-refractivity contribution in [2.45, 2.75) is 71.2 Å². The van der Waals surface area contributed by atoms with Gasteiger partial charge in [0.25, 0.3) is 5.97 Å². The number of ether oxygens (including phenoxy) is 2. The maximum absolute atomic E-state index is 10.3. The second-order valence-corrected chi connectivity index (χ2v) is 4.65. The molecule has 0 aromatic heterocycles. The molecule has 18 heavy (non-hydrogen) atoms. The quantitative estimate of drug-likeness (QED) is 0.396. The van der Waals surface area contributed by atoms with E-state index in [0.717, 1.165) is 44.9 Å². The third-order valence-corrected chi connectivity index (χ3v) is 2.80. The minimum Gasteiger partial charge on any atom is -0.396 e. The van der Waals surface area contributed by atoms with Gasteiger partial charge in [-0.2, -0.15) is 0 Å². The average Bonchev–Trinajstić information content (AvgIpc) is 2.36. The van der Waals surface area contributed by atoms with Crippen molar-refractivity contribution in [3.63, 3.8) is 0 Å². The second-order valence-electron chi connectivity index (χ2n) is 4.65. The number of unbranched alkanes of at least 4 members (excludes halogenated alkanes) is 4. The molecule has 0 rings (SSSR count). The fourth-order valence-electron chi connectivity index (χ4n) is 1.57. The summed E-state index contributed by atoms with van der Waals surface area (Å²) >= 11 is 0. The highest BCUT2D eigenvalue weighted by Gasteiger charge is 2.28. The fraction of sp³-hybridized carbons (Fsp3) is 1.00. The lowest BCUT2D eigenvalue weighted by Gasteiger charge is -2.28. The number of aliphatic hydroxyl groups excluding tert-OH is 1. The summed E-state index contributed by atoms with van der Waals surface area (Å²) in [7, 11) is 0. The summed E-state index contributed by atoms with van der Waals surface area (Å²) in [5.41, 5.74) is 0. The predicted octanol–water partition coefficient (Wildman–Crippen LogP) is 2.82. The van der Waals surface area contributed by atoms with E-state index in [1.54, 1.807) is 0 Å². The zero-order valence-corrected chi connectivity index (χ0v) is 12.0. The van der Waals surface area contributed by atoms with Gasteiger partial charge in [-0.1, -0.05) is 33.1 Å². The first-order valence-electron chi connectivity index (χ1n) is 7.29. The van der Waals surface area contributed by atoms with E-state index in [-0.39, 0.29) is 6.61 Å². The standard InChI is InChI=1S/C14H30O4/c1-3-5-12-17-14(16,18-13-6-4-2)10-8-7-9-11-15/h15-16H,3-13H2,1-2H3. The molecule has 0 spiro atoms. The molecule has 0 aromatic carbocycles. The molecule has 4 heteroatoms. The van der Waals surface area contributed by atoms with Gasteiger partial charge in [0, 0.05) is 13.0 Å². The Labute approximate surface area is 111 Å². The maximum Gasteiger partial charge on any atom is 0.280 e. The van der Waals surface area contributed by atoms with Crippen LogP contribution in [0.5, 0.6) is 0 Å². The highest BCUT2D eigenvalue weighted by atomic mass is 16.8. The van der Waals surface area contributed by atoms with Crippen molar-refractivity contribution in [3.8, 4) is 0 Å². The summed E-state index contributed by atoms with van der Waals surface area (Å²) in [6.07, 6.45) is 6.85. The van der Waals surface area contributed by atoms with Gasteiger partial charge in [-0.15, -0.1) is 0 Å². The van der Waals surface area contributed by atoms with Gasteiger partial charge in [0.15, 0.2) is 0 Å². The molecule has 0 bridgehead atoms. The Morgan fingerprint density at radius 1 is 0.833 bits per heavy atom. The topological polar surface area (TPSA) is 58.9 Å². The molecule has 0 atom stereocenters. The SMILES string of the molecule is CCCCOC(O)(CCCCCO)OCCCC. The van der Waals surface area contributed by atoms with E-state index in [1.165, 1.54) is 0 Å². The van der Waals surface area contributed by atoms with E-state index < -0.39 is 5.97 Å². The Kier molecular flexibility index (Phi) is 11.8. The van der Waals surface area contributed by atoms with Crippen LogP contribution in [-0.2, 0) is 9.47 Å². The predicted molar refractivity (Wildman–Crippen MR) is 72.2 cm³/mol.